The number of rotatable bonds is 4. The van der Waals surface area contributed by atoms with Crippen molar-refractivity contribution in [2.24, 2.45) is 11.8 Å². The zero-order valence-corrected chi connectivity index (χ0v) is 11.3. The maximum absolute atomic E-state index is 11.9. The molecular formula is C14H25NO2. The van der Waals surface area contributed by atoms with Crippen molar-refractivity contribution in [3.05, 3.63) is 0 Å². The van der Waals surface area contributed by atoms with Crippen LogP contribution in [-0.2, 0) is 9.53 Å². The smallest absolute Gasteiger partial charge is 0.323 e. The highest BCUT2D eigenvalue weighted by Crippen LogP contribution is 2.38. The fourth-order valence-electron chi connectivity index (χ4n) is 3.33. The minimum atomic E-state index is -0.0345. The van der Waals surface area contributed by atoms with Gasteiger partial charge in [0.25, 0.3) is 0 Å². The van der Waals surface area contributed by atoms with Crippen LogP contribution in [0.5, 0.6) is 0 Å². The van der Waals surface area contributed by atoms with Crippen LogP contribution >= 0.6 is 0 Å². The standard InChI is InChI=1S/C14H25NO2/c1-10-6-4-5-7-12(10)15(2)13(11-8-9-11)14(16)17-3/h10-13H,4-9H2,1-3H3. The van der Waals surface area contributed by atoms with Gasteiger partial charge >= 0.3 is 5.97 Å². The Morgan fingerprint density at radius 1 is 1.24 bits per heavy atom. The Labute approximate surface area is 105 Å². The van der Waals surface area contributed by atoms with Gasteiger partial charge in [0.2, 0.25) is 0 Å². The Morgan fingerprint density at radius 3 is 2.41 bits per heavy atom. The predicted molar refractivity (Wildman–Crippen MR) is 67.7 cm³/mol. The van der Waals surface area contributed by atoms with Gasteiger partial charge < -0.3 is 4.74 Å². The van der Waals surface area contributed by atoms with Crippen LogP contribution < -0.4 is 0 Å². The predicted octanol–water partition coefficient (Wildman–Crippen LogP) is 2.45. The van der Waals surface area contributed by atoms with Gasteiger partial charge in [-0.2, -0.15) is 0 Å². The third-order valence-corrected chi connectivity index (χ3v) is 4.54. The summed E-state index contributed by atoms with van der Waals surface area (Å²) in [5.74, 6) is 1.22. The lowest BCUT2D eigenvalue weighted by molar-refractivity contribution is -0.149. The Balaban J connectivity index is 2.04. The number of hydrogen-bond donors (Lipinski definition) is 0. The van der Waals surface area contributed by atoms with Crippen LogP contribution in [0, 0.1) is 11.8 Å². The zero-order valence-electron chi connectivity index (χ0n) is 11.3. The molecule has 0 spiro atoms. The largest absolute Gasteiger partial charge is 0.468 e. The molecule has 2 aliphatic rings. The highest BCUT2D eigenvalue weighted by Gasteiger charge is 2.42. The second-order valence-electron chi connectivity index (χ2n) is 5.80. The third-order valence-electron chi connectivity index (χ3n) is 4.54. The molecule has 0 saturated heterocycles. The molecule has 0 radical (unpaired) electrons. The van der Waals surface area contributed by atoms with Crippen LogP contribution in [0.1, 0.15) is 45.4 Å². The monoisotopic (exact) mass is 239 g/mol. The fourth-order valence-corrected chi connectivity index (χ4v) is 3.33. The minimum Gasteiger partial charge on any atom is -0.468 e. The van der Waals surface area contributed by atoms with Gasteiger partial charge in [0, 0.05) is 6.04 Å². The molecule has 2 saturated carbocycles. The first-order valence-corrected chi connectivity index (χ1v) is 6.95. The summed E-state index contributed by atoms with van der Waals surface area (Å²) in [6.07, 6.45) is 7.55. The summed E-state index contributed by atoms with van der Waals surface area (Å²) < 4.78 is 4.98. The highest BCUT2D eigenvalue weighted by atomic mass is 16.5. The number of hydrogen-bond acceptors (Lipinski definition) is 3. The Hall–Kier alpha value is -0.570. The maximum atomic E-state index is 11.9. The van der Waals surface area contributed by atoms with Crippen molar-refractivity contribution in [3.8, 4) is 0 Å². The van der Waals surface area contributed by atoms with E-state index in [1.807, 2.05) is 0 Å². The molecule has 2 fully saturated rings. The molecule has 0 heterocycles. The van der Waals surface area contributed by atoms with Crippen LogP contribution in [-0.4, -0.2) is 37.1 Å². The van der Waals surface area contributed by atoms with Crippen LogP contribution in [0.2, 0.25) is 0 Å². The molecule has 0 bridgehead atoms. The molecule has 98 valence electrons. The lowest BCUT2D eigenvalue weighted by Crippen LogP contribution is -2.49. The van der Waals surface area contributed by atoms with Crippen LogP contribution in [0.4, 0.5) is 0 Å². The van der Waals surface area contributed by atoms with E-state index in [0.717, 1.165) is 0 Å². The summed E-state index contributed by atoms with van der Waals surface area (Å²) in [4.78, 5) is 14.2. The SMILES string of the molecule is COC(=O)C(C1CC1)N(C)C1CCCCC1C. The van der Waals surface area contributed by atoms with Gasteiger partial charge in [-0.15, -0.1) is 0 Å². The summed E-state index contributed by atoms with van der Waals surface area (Å²) in [7, 11) is 3.63. The molecule has 17 heavy (non-hydrogen) atoms. The molecule has 2 rings (SSSR count). The Bertz CT molecular complexity index is 275. The average molecular weight is 239 g/mol. The summed E-state index contributed by atoms with van der Waals surface area (Å²) >= 11 is 0. The summed E-state index contributed by atoms with van der Waals surface area (Å²) in [5, 5.41) is 0. The van der Waals surface area contributed by atoms with Crippen LogP contribution in [0.3, 0.4) is 0 Å². The first kappa shape index (κ1) is 12.9. The lowest BCUT2D eigenvalue weighted by atomic mass is 9.84. The second-order valence-corrected chi connectivity index (χ2v) is 5.80. The van der Waals surface area contributed by atoms with Crippen molar-refractivity contribution in [1.29, 1.82) is 0 Å². The van der Waals surface area contributed by atoms with Crippen molar-refractivity contribution in [3.63, 3.8) is 0 Å². The van der Waals surface area contributed by atoms with Crippen LogP contribution in [0.15, 0.2) is 0 Å². The normalized spacial score (nSPS) is 31.3. The maximum Gasteiger partial charge on any atom is 0.323 e. The van der Waals surface area contributed by atoms with E-state index in [2.05, 4.69) is 18.9 Å². The van der Waals surface area contributed by atoms with E-state index < -0.39 is 0 Å². The number of carbonyl (C=O) groups is 1. The van der Waals surface area contributed by atoms with E-state index in [9.17, 15) is 4.79 Å². The van der Waals surface area contributed by atoms with Crippen LogP contribution in [0.25, 0.3) is 0 Å². The van der Waals surface area contributed by atoms with E-state index >= 15 is 0 Å². The molecule has 0 aromatic heterocycles. The summed E-state index contributed by atoms with van der Waals surface area (Å²) in [6, 6.07) is 0.569. The van der Waals surface area contributed by atoms with Gasteiger partial charge in [0.1, 0.15) is 6.04 Å². The van der Waals surface area contributed by atoms with E-state index in [1.54, 1.807) is 0 Å². The van der Waals surface area contributed by atoms with Crippen molar-refractivity contribution >= 4 is 5.97 Å². The van der Waals surface area contributed by atoms with Crippen molar-refractivity contribution in [2.75, 3.05) is 14.2 Å². The topological polar surface area (TPSA) is 29.5 Å². The summed E-state index contributed by atoms with van der Waals surface area (Å²) in [5.41, 5.74) is 0. The van der Waals surface area contributed by atoms with E-state index in [4.69, 9.17) is 4.74 Å². The molecule has 2 aliphatic carbocycles. The van der Waals surface area contributed by atoms with Gasteiger partial charge in [-0.05, 0) is 44.6 Å². The number of carbonyl (C=O) groups excluding carboxylic acids is 1. The lowest BCUT2D eigenvalue weighted by Gasteiger charge is -2.39. The zero-order chi connectivity index (χ0) is 12.4. The molecule has 0 aliphatic heterocycles. The Morgan fingerprint density at radius 2 is 1.88 bits per heavy atom. The molecule has 0 aromatic carbocycles. The molecule has 3 atom stereocenters. The Kier molecular flexibility index (Phi) is 4.08. The molecule has 3 heteroatoms. The van der Waals surface area contributed by atoms with Gasteiger partial charge in [-0.25, -0.2) is 0 Å². The second kappa shape index (κ2) is 5.38. The highest BCUT2D eigenvalue weighted by molar-refractivity contribution is 5.76. The van der Waals surface area contributed by atoms with Gasteiger partial charge in [-0.3, -0.25) is 9.69 Å². The molecule has 0 amide bonds. The van der Waals surface area contributed by atoms with Gasteiger partial charge in [-0.1, -0.05) is 19.8 Å². The number of esters is 1. The molecular weight excluding hydrogens is 214 g/mol. The van der Waals surface area contributed by atoms with Gasteiger partial charge in [0.05, 0.1) is 7.11 Å². The minimum absolute atomic E-state index is 0.00514. The third kappa shape index (κ3) is 2.82. The number of ether oxygens (including phenoxy) is 1. The first-order valence-electron chi connectivity index (χ1n) is 6.95. The number of likely N-dealkylation sites (N-methyl/N-ethyl adjacent to an activating group) is 1. The molecule has 0 N–H and O–H groups in total. The van der Waals surface area contributed by atoms with Crippen molar-refractivity contribution in [2.45, 2.75) is 57.5 Å². The first-order chi connectivity index (χ1) is 8.15. The van der Waals surface area contributed by atoms with Crippen molar-refractivity contribution < 1.29 is 9.53 Å². The van der Waals surface area contributed by atoms with E-state index in [1.165, 1.54) is 45.6 Å². The van der Waals surface area contributed by atoms with E-state index in [0.29, 0.717) is 17.9 Å². The fraction of sp³-hybridized carbons (Fsp3) is 0.929. The average Bonchev–Trinajstić information content (AvgIpc) is 3.14. The van der Waals surface area contributed by atoms with Crippen molar-refractivity contribution in [1.82, 2.24) is 4.90 Å². The molecule has 3 unspecified atom stereocenters. The summed E-state index contributed by atoms with van der Waals surface area (Å²) in [6.45, 7) is 2.32. The molecule has 3 nitrogen and oxygen atoms in total. The van der Waals surface area contributed by atoms with E-state index in [-0.39, 0.29) is 12.0 Å². The molecule has 0 aromatic rings. The number of methoxy groups -OCH3 is 1. The number of nitrogens with zero attached hydrogens (tertiary/aromatic N) is 1. The van der Waals surface area contributed by atoms with Gasteiger partial charge in [0.15, 0.2) is 0 Å². The quantitative estimate of drug-likeness (QED) is 0.706.